The molecule has 8 aromatic rings. The van der Waals surface area contributed by atoms with Crippen molar-refractivity contribution < 1.29 is 4.42 Å². The van der Waals surface area contributed by atoms with Crippen LogP contribution in [-0.4, -0.2) is 4.98 Å². The van der Waals surface area contributed by atoms with Gasteiger partial charge in [-0.15, -0.1) is 0 Å². The van der Waals surface area contributed by atoms with Crippen LogP contribution in [0.15, 0.2) is 175 Å². The van der Waals surface area contributed by atoms with Gasteiger partial charge in [-0.25, -0.2) is 0 Å². The first-order chi connectivity index (χ1) is 21.8. The molecule has 44 heavy (non-hydrogen) atoms. The van der Waals surface area contributed by atoms with E-state index in [1.807, 2.05) is 12.3 Å². The van der Waals surface area contributed by atoms with Gasteiger partial charge in [0.1, 0.15) is 11.2 Å². The van der Waals surface area contributed by atoms with E-state index in [4.69, 9.17) is 4.42 Å². The van der Waals surface area contributed by atoms with Gasteiger partial charge in [-0.1, -0.05) is 103 Å². The quantitative estimate of drug-likeness (QED) is 0.201. The molecule has 3 nitrogen and oxygen atoms in total. The summed E-state index contributed by atoms with van der Waals surface area (Å²) in [6.45, 7) is 0. The molecule has 0 spiro atoms. The average molecular weight is 565 g/mol. The highest BCUT2D eigenvalue weighted by Crippen LogP contribution is 2.38. The Hall–Kier alpha value is -5.93. The van der Waals surface area contributed by atoms with E-state index in [9.17, 15) is 0 Å². The highest BCUT2D eigenvalue weighted by Gasteiger charge is 2.14. The molecule has 0 N–H and O–H groups in total. The van der Waals surface area contributed by atoms with Crippen LogP contribution in [0.2, 0.25) is 0 Å². The number of pyridine rings is 1. The van der Waals surface area contributed by atoms with Crippen LogP contribution < -0.4 is 4.90 Å². The fraction of sp³-hybridized carbons (Fsp3) is 0. The van der Waals surface area contributed by atoms with Crippen molar-refractivity contribution in [2.45, 2.75) is 0 Å². The molecular formula is C41H28N2O. The van der Waals surface area contributed by atoms with Gasteiger partial charge in [-0.3, -0.25) is 4.98 Å². The Kier molecular flexibility index (Phi) is 6.47. The Labute approximate surface area is 256 Å². The third kappa shape index (κ3) is 4.81. The Morgan fingerprint density at radius 3 is 1.36 bits per heavy atom. The molecule has 0 radical (unpaired) electrons. The predicted octanol–water partition coefficient (Wildman–Crippen LogP) is 11.5. The smallest absolute Gasteiger partial charge is 0.138 e. The molecule has 2 aromatic heterocycles. The summed E-state index contributed by atoms with van der Waals surface area (Å²) < 4.78 is 6.13. The summed E-state index contributed by atoms with van der Waals surface area (Å²) in [7, 11) is 0. The zero-order chi connectivity index (χ0) is 29.3. The summed E-state index contributed by atoms with van der Waals surface area (Å²) in [5, 5.41) is 2.12. The van der Waals surface area contributed by atoms with E-state index in [2.05, 4.69) is 162 Å². The zero-order valence-corrected chi connectivity index (χ0v) is 24.0. The summed E-state index contributed by atoms with van der Waals surface area (Å²) >= 11 is 0. The number of hydrogen-bond acceptors (Lipinski definition) is 3. The fourth-order valence-electron chi connectivity index (χ4n) is 5.92. The van der Waals surface area contributed by atoms with Crippen molar-refractivity contribution in [1.82, 2.24) is 4.98 Å². The van der Waals surface area contributed by atoms with E-state index in [0.717, 1.165) is 50.1 Å². The van der Waals surface area contributed by atoms with Crippen LogP contribution in [0.5, 0.6) is 0 Å². The molecule has 0 saturated carbocycles. The molecule has 3 heteroatoms. The lowest BCUT2D eigenvalue weighted by Crippen LogP contribution is -2.09. The van der Waals surface area contributed by atoms with Crippen LogP contribution in [0.25, 0.3) is 55.3 Å². The minimum absolute atomic E-state index is 0.856. The van der Waals surface area contributed by atoms with Crippen LogP contribution in [0, 0.1) is 0 Å². The number of anilines is 3. The molecule has 0 saturated heterocycles. The number of rotatable bonds is 6. The van der Waals surface area contributed by atoms with Crippen LogP contribution in [0.3, 0.4) is 0 Å². The first-order valence-corrected chi connectivity index (χ1v) is 14.8. The second-order valence-corrected chi connectivity index (χ2v) is 10.9. The minimum Gasteiger partial charge on any atom is -0.456 e. The monoisotopic (exact) mass is 564 g/mol. The lowest BCUT2D eigenvalue weighted by molar-refractivity contribution is 0.668. The maximum Gasteiger partial charge on any atom is 0.138 e. The maximum atomic E-state index is 6.13. The van der Waals surface area contributed by atoms with Gasteiger partial charge in [0.25, 0.3) is 0 Å². The van der Waals surface area contributed by atoms with E-state index in [1.54, 1.807) is 6.20 Å². The SMILES string of the molecule is c1ccc(-c2ccc(N(c3ccc(-c4ccccc4)cc3)c3ccc(-c4ccc5c(c4)oc4ccncc45)cc3)cc2)cc1. The van der Waals surface area contributed by atoms with Gasteiger partial charge in [-0.05, 0) is 88.0 Å². The molecule has 208 valence electrons. The highest BCUT2D eigenvalue weighted by atomic mass is 16.3. The molecule has 0 atom stereocenters. The van der Waals surface area contributed by atoms with Gasteiger partial charge in [-0.2, -0.15) is 0 Å². The molecule has 0 unspecified atom stereocenters. The first kappa shape index (κ1) is 25.8. The Bertz CT molecular complexity index is 2100. The zero-order valence-electron chi connectivity index (χ0n) is 24.0. The van der Waals surface area contributed by atoms with Crippen LogP contribution >= 0.6 is 0 Å². The second kappa shape index (κ2) is 11.0. The third-order valence-electron chi connectivity index (χ3n) is 8.20. The number of hydrogen-bond donors (Lipinski definition) is 0. The van der Waals surface area contributed by atoms with E-state index >= 15 is 0 Å². The summed E-state index contributed by atoms with van der Waals surface area (Å²) in [5.74, 6) is 0. The van der Waals surface area contributed by atoms with Crippen molar-refractivity contribution in [3.05, 3.63) is 170 Å². The number of aromatic nitrogens is 1. The van der Waals surface area contributed by atoms with E-state index in [-0.39, 0.29) is 0 Å². The Morgan fingerprint density at radius 2 is 0.841 bits per heavy atom. The van der Waals surface area contributed by atoms with Gasteiger partial charge in [0.05, 0.1) is 0 Å². The molecule has 6 aromatic carbocycles. The second-order valence-electron chi connectivity index (χ2n) is 10.9. The minimum atomic E-state index is 0.856. The number of benzene rings is 6. The van der Waals surface area contributed by atoms with Crippen LogP contribution in [-0.2, 0) is 0 Å². The maximum absolute atomic E-state index is 6.13. The summed E-state index contributed by atoms with van der Waals surface area (Å²) in [6, 6.07) is 55.7. The largest absolute Gasteiger partial charge is 0.456 e. The third-order valence-corrected chi connectivity index (χ3v) is 8.20. The summed E-state index contributed by atoms with van der Waals surface area (Å²) in [5.41, 5.74) is 12.1. The van der Waals surface area contributed by atoms with Gasteiger partial charge in [0.15, 0.2) is 0 Å². The standard InChI is InChI=1S/C41H28N2O/c1-3-7-29(8-4-1)31-11-18-35(19-12-31)43(36-20-13-32(14-21-36)30-9-5-2-6-10-30)37-22-15-33(16-23-37)34-17-24-38-39-28-42-26-25-40(39)44-41(38)27-34/h1-28H. The molecule has 0 aliphatic carbocycles. The molecule has 0 fully saturated rings. The van der Waals surface area contributed by atoms with Gasteiger partial charge in [0, 0.05) is 40.2 Å². The van der Waals surface area contributed by atoms with Crippen molar-refractivity contribution in [2.24, 2.45) is 0 Å². The Morgan fingerprint density at radius 1 is 0.386 bits per heavy atom. The molecule has 0 aliphatic rings. The molecule has 0 aliphatic heterocycles. The first-order valence-electron chi connectivity index (χ1n) is 14.8. The van der Waals surface area contributed by atoms with Gasteiger partial charge >= 0.3 is 0 Å². The van der Waals surface area contributed by atoms with E-state index in [0.29, 0.717) is 0 Å². The number of fused-ring (bicyclic) bond motifs is 3. The molecule has 0 bridgehead atoms. The van der Waals surface area contributed by atoms with Gasteiger partial charge < -0.3 is 9.32 Å². The number of nitrogens with zero attached hydrogens (tertiary/aromatic N) is 2. The fourth-order valence-corrected chi connectivity index (χ4v) is 5.92. The molecule has 0 amide bonds. The normalized spacial score (nSPS) is 11.2. The van der Waals surface area contributed by atoms with Crippen molar-refractivity contribution in [2.75, 3.05) is 4.90 Å². The van der Waals surface area contributed by atoms with Crippen LogP contribution in [0.1, 0.15) is 0 Å². The molecule has 8 rings (SSSR count). The topological polar surface area (TPSA) is 29.3 Å². The number of furan rings is 1. The van der Waals surface area contributed by atoms with Crippen molar-refractivity contribution in [3.63, 3.8) is 0 Å². The van der Waals surface area contributed by atoms with E-state index < -0.39 is 0 Å². The summed E-state index contributed by atoms with van der Waals surface area (Å²) in [6.07, 6.45) is 3.63. The highest BCUT2D eigenvalue weighted by molar-refractivity contribution is 6.05. The van der Waals surface area contributed by atoms with Gasteiger partial charge in [0.2, 0.25) is 0 Å². The lowest BCUT2D eigenvalue weighted by Gasteiger charge is -2.26. The predicted molar refractivity (Wildman–Crippen MR) is 183 cm³/mol. The van der Waals surface area contributed by atoms with E-state index in [1.165, 1.54) is 22.3 Å². The van der Waals surface area contributed by atoms with Crippen molar-refractivity contribution >= 4 is 39.0 Å². The summed E-state index contributed by atoms with van der Waals surface area (Å²) in [4.78, 5) is 6.58. The Balaban J connectivity index is 1.16. The lowest BCUT2D eigenvalue weighted by atomic mass is 10.0. The van der Waals surface area contributed by atoms with Crippen molar-refractivity contribution in [3.8, 4) is 33.4 Å². The van der Waals surface area contributed by atoms with Crippen LogP contribution in [0.4, 0.5) is 17.1 Å². The molecular weight excluding hydrogens is 536 g/mol. The van der Waals surface area contributed by atoms with Crippen molar-refractivity contribution in [1.29, 1.82) is 0 Å². The average Bonchev–Trinajstić information content (AvgIpc) is 3.48. The molecule has 2 heterocycles.